The Labute approximate surface area is 275 Å². The number of fused-ring (bicyclic) bond motifs is 7. The first-order valence-corrected chi connectivity index (χ1v) is 16.3. The monoisotopic (exact) mass is 603 g/mol. The van der Waals surface area contributed by atoms with E-state index in [1.807, 2.05) is 6.07 Å². The number of rotatable bonds is 5. The van der Waals surface area contributed by atoms with Gasteiger partial charge in [-0.15, -0.1) is 0 Å². The largest absolute Gasteiger partial charge is 0.456 e. The Bertz CT molecular complexity index is 2350. The summed E-state index contributed by atoms with van der Waals surface area (Å²) in [5.41, 5.74) is 15.1. The molecule has 9 rings (SSSR count). The van der Waals surface area contributed by atoms with E-state index in [4.69, 9.17) is 4.42 Å². The SMILES string of the molecule is CC1(C)c2cc(N(c3cccc(-c4ccccc4)c3)c3cccc(-c4ccccc4)c3)ccc2-c2c1ccc1oc3ccccc3c21. The lowest BCUT2D eigenvalue weighted by molar-refractivity contribution is 0.656. The van der Waals surface area contributed by atoms with Gasteiger partial charge in [0.25, 0.3) is 0 Å². The van der Waals surface area contributed by atoms with Crippen LogP contribution in [0, 0.1) is 0 Å². The molecule has 2 nitrogen and oxygen atoms in total. The van der Waals surface area contributed by atoms with Gasteiger partial charge in [-0.25, -0.2) is 0 Å². The van der Waals surface area contributed by atoms with Crippen molar-refractivity contribution >= 4 is 39.0 Å². The van der Waals surface area contributed by atoms with Crippen LogP contribution in [0.2, 0.25) is 0 Å². The second kappa shape index (κ2) is 10.6. The molecule has 1 aliphatic carbocycles. The maximum Gasteiger partial charge on any atom is 0.136 e. The van der Waals surface area contributed by atoms with Crippen molar-refractivity contribution < 1.29 is 4.42 Å². The highest BCUT2D eigenvalue weighted by molar-refractivity contribution is 6.15. The van der Waals surface area contributed by atoms with E-state index in [0.717, 1.165) is 28.2 Å². The molecule has 0 unspecified atom stereocenters. The smallest absolute Gasteiger partial charge is 0.136 e. The second-order valence-corrected chi connectivity index (χ2v) is 13.0. The first-order chi connectivity index (χ1) is 23.1. The third-order valence-electron chi connectivity index (χ3n) is 9.84. The highest BCUT2D eigenvalue weighted by atomic mass is 16.3. The topological polar surface area (TPSA) is 16.4 Å². The fourth-order valence-corrected chi connectivity index (χ4v) is 7.53. The van der Waals surface area contributed by atoms with E-state index in [1.165, 1.54) is 55.3 Å². The van der Waals surface area contributed by atoms with Crippen molar-refractivity contribution in [2.75, 3.05) is 4.90 Å². The van der Waals surface area contributed by atoms with Gasteiger partial charge in [0.05, 0.1) is 0 Å². The summed E-state index contributed by atoms with van der Waals surface area (Å²) in [5, 5.41) is 2.38. The van der Waals surface area contributed by atoms with Crippen LogP contribution in [0.4, 0.5) is 17.1 Å². The number of anilines is 3. The minimum Gasteiger partial charge on any atom is -0.456 e. The normalized spacial score (nSPS) is 13.1. The molecule has 0 saturated carbocycles. The summed E-state index contributed by atoms with van der Waals surface area (Å²) in [6, 6.07) is 58.9. The fourth-order valence-electron chi connectivity index (χ4n) is 7.53. The molecule has 0 aliphatic heterocycles. The molecule has 0 saturated heterocycles. The number of hydrogen-bond donors (Lipinski definition) is 0. The molecule has 1 heterocycles. The maximum atomic E-state index is 6.33. The summed E-state index contributed by atoms with van der Waals surface area (Å²) in [7, 11) is 0. The lowest BCUT2D eigenvalue weighted by Crippen LogP contribution is -2.16. The zero-order valence-corrected chi connectivity index (χ0v) is 26.4. The fraction of sp³-hybridized carbons (Fsp3) is 0.0667. The van der Waals surface area contributed by atoms with Gasteiger partial charge in [0.1, 0.15) is 11.2 Å². The molecule has 2 heteroatoms. The van der Waals surface area contributed by atoms with Gasteiger partial charge in [-0.1, -0.05) is 129 Å². The van der Waals surface area contributed by atoms with E-state index in [9.17, 15) is 0 Å². The number of para-hydroxylation sites is 1. The molecule has 7 aromatic carbocycles. The van der Waals surface area contributed by atoms with Gasteiger partial charge >= 0.3 is 0 Å². The van der Waals surface area contributed by atoms with E-state index in [-0.39, 0.29) is 5.41 Å². The summed E-state index contributed by atoms with van der Waals surface area (Å²) in [6.07, 6.45) is 0. The van der Waals surface area contributed by atoms with Crippen molar-refractivity contribution in [3.05, 3.63) is 175 Å². The highest BCUT2D eigenvalue weighted by Gasteiger charge is 2.38. The van der Waals surface area contributed by atoms with Crippen molar-refractivity contribution in [2.24, 2.45) is 0 Å². The quantitative estimate of drug-likeness (QED) is 0.195. The van der Waals surface area contributed by atoms with Gasteiger partial charge in [-0.2, -0.15) is 0 Å². The van der Waals surface area contributed by atoms with Crippen molar-refractivity contribution in [2.45, 2.75) is 19.3 Å². The summed E-state index contributed by atoms with van der Waals surface area (Å²) in [4.78, 5) is 2.40. The van der Waals surface area contributed by atoms with Crippen LogP contribution < -0.4 is 4.90 Å². The van der Waals surface area contributed by atoms with Crippen LogP contribution >= 0.6 is 0 Å². The molecule has 224 valence electrons. The zero-order valence-electron chi connectivity index (χ0n) is 26.4. The molecular weight excluding hydrogens is 571 g/mol. The van der Waals surface area contributed by atoms with E-state index in [1.54, 1.807) is 0 Å². The summed E-state index contributed by atoms with van der Waals surface area (Å²) in [6.45, 7) is 4.71. The number of nitrogens with zero attached hydrogens (tertiary/aromatic N) is 1. The van der Waals surface area contributed by atoms with Crippen molar-refractivity contribution in [3.63, 3.8) is 0 Å². The molecule has 0 fully saturated rings. The highest BCUT2D eigenvalue weighted by Crippen LogP contribution is 2.54. The number of benzene rings is 7. The van der Waals surface area contributed by atoms with Crippen LogP contribution in [-0.4, -0.2) is 0 Å². The van der Waals surface area contributed by atoms with E-state index in [2.05, 4.69) is 176 Å². The lowest BCUT2D eigenvalue weighted by Gasteiger charge is -2.29. The molecule has 0 radical (unpaired) electrons. The third-order valence-corrected chi connectivity index (χ3v) is 9.84. The van der Waals surface area contributed by atoms with E-state index >= 15 is 0 Å². The molecule has 0 atom stereocenters. The molecule has 1 aromatic heterocycles. The van der Waals surface area contributed by atoms with Crippen molar-refractivity contribution in [3.8, 4) is 33.4 Å². The van der Waals surface area contributed by atoms with Crippen LogP contribution in [0.1, 0.15) is 25.0 Å². The van der Waals surface area contributed by atoms with Gasteiger partial charge in [0, 0.05) is 33.2 Å². The Balaban J connectivity index is 1.25. The number of furan rings is 1. The van der Waals surface area contributed by atoms with Gasteiger partial charge in [-0.05, 0) is 93.0 Å². The predicted octanol–water partition coefficient (Wildman–Crippen LogP) is 12.7. The standard InChI is InChI=1S/C45H33NO/c1-45(2)39-25-26-42-44(38-21-9-10-22-41(38)47-42)43(39)37-24-23-36(29-40(37)45)46(34-19-11-17-32(27-34)30-13-5-3-6-14-30)35-20-12-18-33(28-35)31-15-7-4-8-16-31/h3-29H,1-2H3. The van der Waals surface area contributed by atoms with Crippen LogP contribution in [-0.2, 0) is 5.41 Å². The molecule has 0 bridgehead atoms. The van der Waals surface area contributed by atoms with E-state index in [0.29, 0.717) is 0 Å². The Morgan fingerprint density at radius 3 is 1.68 bits per heavy atom. The first-order valence-electron chi connectivity index (χ1n) is 16.3. The molecule has 1 aliphatic rings. The van der Waals surface area contributed by atoms with Crippen molar-refractivity contribution in [1.29, 1.82) is 0 Å². The second-order valence-electron chi connectivity index (χ2n) is 13.0. The van der Waals surface area contributed by atoms with E-state index < -0.39 is 0 Å². The third kappa shape index (κ3) is 4.40. The minimum atomic E-state index is -0.184. The van der Waals surface area contributed by atoms with Crippen molar-refractivity contribution in [1.82, 2.24) is 0 Å². The Kier molecular flexibility index (Phi) is 6.20. The van der Waals surface area contributed by atoms with Crippen LogP contribution in [0.3, 0.4) is 0 Å². The molecular formula is C45H33NO. The average molecular weight is 604 g/mol. The van der Waals surface area contributed by atoms with Gasteiger partial charge in [-0.3, -0.25) is 0 Å². The summed E-state index contributed by atoms with van der Waals surface area (Å²) < 4.78 is 6.33. The molecule has 0 amide bonds. The summed E-state index contributed by atoms with van der Waals surface area (Å²) >= 11 is 0. The lowest BCUT2D eigenvalue weighted by atomic mass is 9.82. The summed E-state index contributed by atoms with van der Waals surface area (Å²) in [5.74, 6) is 0. The minimum absolute atomic E-state index is 0.184. The molecule has 8 aromatic rings. The Hall–Kier alpha value is -5.86. The molecule has 0 spiro atoms. The van der Waals surface area contributed by atoms with Crippen LogP contribution in [0.25, 0.3) is 55.3 Å². The number of hydrogen-bond acceptors (Lipinski definition) is 2. The van der Waals surface area contributed by atoms with Gasteiger partial charge < -0.3 is 9.32 Å². The molecule has 47 heavy (non-hydrogen) atoms. The van der Waals surface area contributed by atoms with Gasteiger partial charge in [0.2, 0.25) is 0 Å². The first kappa shape index (κ1) is 27.5. The zero-order chi connectivity index (χ0) is 31.5. The average Bonchev–Trinajstić information content (AvgIpc) is 3.61. The Morgan fingerprint density at radius 1 is 0.447 bits per heavy atom. The van der Waals surface area contributed by atoms with Gasteiger partial charge in [0.15, 0.2) is 0 Å². The maximum absolute atomic E-state index is 6.33. The van der Waals surface area contributed by atoms with Crippen LogP contribution in [0.15, 0.2) is 168 Å². The predicted molar refractivity (Wildman–Crippen MR) is 197 cm³/mol. The molecule has 0 N–H and O–H groups in total. The van der Waals surface area contributed by atoms with Crippen LogP contribution in [0.5, 0.6) is 0 Å². The Morgan fingerprint density at radius 2 is 1.02 bits per heavy atom.